The lowest BCUT2D eigenvalue weighted by atomic mass is 9.94. The summed E-state index contributed by atoms with van der Waals surface area (Å²) in [4.78, 5) is 58.5. The Morgan fingerprint density at radius 1 is 1.15 bits per heavy atom. The quantitative estimate of drug-likeness (QED) is 0.367. The molecule has 3 amide bonds. The first kappa shape index (κ1) is 20.3. The van der Waals surface area contributed by atoms with Crippen molar-refractivity contribution in [3.05, 3.63) is 35.4 Å². The number of carbonyl (C=O) groups is 5. The minimum Gasteiger partial charge on any atom is -0.460 e. The average Bonchev–Trinajstić information content (AvgIpc) is 2.79. The first-order valence-electron chi connectivity index (χ1n) is 8.49. The topological polar surface area (TPSA) is 110 Å². The molecule has 1 N–H and O–H groups in total. The second kappa shape index (κ2) is 7.69. The Morgan fingerprint density at radius 3 is 2.04 bits per heavy atom. The summed E-state index contributed by atoms with van der Waals surface area (Å²) in [7, 11) is 0. The van der Waals surface area contributed by atoms with Crippen molar-refractivity contribution in [2.24, 2.45) is 0 Å². The summed E-state index contributed by atoms with van der Waals surface area (Å²) in [6.07, 6.45) is 0.654. The fraction of sp³-hybridized carbons (Fsp3) is 0.421. The van der Waals surface area contributed by atoms with Crippen LogP contribution in [0.15, 0.2) is 24.3 Å². The van der Waals surface area contributed by atoms with Crippen LogP contribution in [0.2, 0.25) is 0 Å². The molecule has 2 aliphatic heterocycles. The van der Waals surface area contributed by atoms with E-state index in [9.17, 15) is 19.2 Å². The Bertz CT molecular complexity index is 761. The van der Waals surface area contributed by atoms with Crippen LogP contribution >= 0.6 is 0 Å². The molecule has 2 heterocycles. The Hall–Kier alpha value is -3.03. The molecule has 2 unspecified atom stereocenters. The van der Waals surface area contributed by atoms with E-state index < -0.39 is 41.4 Å². The van der Waals surface area contributed by atoms with Gasteiger partial charge < -0.3 is 14.8 Å². The molecule has 0 bridgehead atoms. The highest BCUT2D eigenvalue weighted by molar-refractivity contribution is 6.23. The van der Waals surface area contributed by atoms with Crippen molar-refractivity contribution in [2.75, 3.05) is 0 Å². The number of hydrogen-bond acceptors (Lipinski definition) is 6. The van der Waals surface area contributed by atoms with Crippen LogP contribution in [0.25, 0.3) is 0 Å². The maximum atomic E-state index is 12.5. The van der Waals surface area contributed by atoms with Gasteiger partial charge in [0.15, 0.2) is 0 Å². The maximum Gasteiger partial charge on any atom is 0.308 e. The standard InChI is InChI=1S/C17H18N2O5.C2H4O/c1-17(2,3)24-12(20)8-11-13(14(21)18-11)19-15(22)9-6-4-5-7-10(9)16(19)23;1-2-3/h4-7,11,13H,8H2,1-3H3,(H,18,21);2H,1H3. The highest BCUT2D eigenvalue weighted by Crippen LogP contribution is 2.29. The second-order valence-corrected chi connectivity index (χ2v) is 7.11. The lowest BCUT2D eigenvalue weighted by molar-refractivity contribution is -0.157. The number of nitrogens with zero attached hydrogens (tertiary/aromatic N) is 1. The van der Waals surface area contributed by atoms with Crippen LogP contribution < -0.4 is 5.32 Å². The van der Waals surface area contributed by atoms with Gasteiger partial charge in [-0.25, -0.2) is 0 Å². The molecule has 1 aromatic rings. The number of carbonyl (C=O) groups excluding carboxylic acids is 5. The Kier molecular flexibility index (Phi) is 5.78. The normalized spacial score (nSPS) is 20.7. The number of aldehydes is 1. The molecule has 0 aromatic heterocycles. The summed E-state index contributed by atoms with van der Waals surface area (Å²) in [5, 5.41) is 2.57. The van der Waals surface area contributed by atoms with Gasteiger partial charge in [-0.05, 0) is 39.8 Å². The van der Waals surface area contributed by atoms with Crippen molar-refractivity contribution < 1.29 is 28.7 Å². The Morgan fingerprint density at radius 2 is 1.63 bits per heavy atom. The number of β-lactam (4-membered cyclic amide) rings is 1. The summed E-state index contributed by atoms with van der Waals surface area (Å²) < 4.78 is 5.23. The summed E-state index contributed by atoms with van der Waals surface area (Å²) >= 11 is 0. The monoisotopic (exact) mass is 374 g/mol. The van der Waals surface area contributed by atoms with Gasteiger partial charge in [0, 0.05) is 0 Å². The van der Waals surface area contributed by atoms with Crippen LogP contribution in [0, 0.1) is 0 Å². The van der Waals surface area contributed by atoms with Crippen molar-refractivity contribution in [1.82, 2.24) is 10.2 Å². The molecule has 2 aliphatic rings. The maximum absolute atomic E-state index is 12.5. The van der Waals surface area contributed by atoms with E-state index in [1.807, 2.05) is 0 Å². The lowest BCUT2D eigenvalue weighted by Gasteiger charge is -2.40. The minimum atomic E-state index is -0.982. The molecule has 1 fully saturated rings. The molecule has 144 valence electrons. The van der Waals surface area contributed by atoms with Crippen molar-refractivity contribution in [3.63, 3.8) is 0 Å². The summed E-state index contributed by atoms with van der Waals surface area (Å²) in [6.45, 7) is 6.67. The van der Waals surface area contributed by atoms with Crippen LogP contribution in [0.4, 0.5) is 0 Å². The van der Waals surface area contributed by atoms with E-state index in [1.165, 1.54) is 6.92 Å². The van der Waals surface area contributed by atoms with Gasteiger partial charge in [-0.3, -0.25) is 24.1 Å². The smallest absolute Gasteiger partial charge is 0.308 e. The van der Waals surface area contributed by atoms with E-state index in [2.05, 4.69) is 5.32 Å². The van der Waals surface area contributed by atoms with Gasteiger partial charge in [0.05, 0.1) is 23.6 Å². The summed E-state index contributed by atoms with van der Waals surface area (Å²) in [5.41, 5.74) is -0.0907. The van der Waals surface area contributed by atoms with Gasteiger partial charge in [-0.2, -0.15) is 0 Å². The first-order chi connectivity index (χ1) is 12.6. The zero-order valence-corrected chi connectivity index (χ0v) is 15.6. The van der Waals surface area contributed by atoms with Crippen molar-refractivity contribution in [2.45, 2.75) is 51.8 Å². The van der Waals surface area contributed by atoms with Gasteiger partial charge in [0.25, 0.3) is 11.8 Å². The summed E-state index contributed by atoms with van der Waals surface area (Å²) in [5.74, 6) is -1.96. The van der Waals surface area contributed by atoms with E-state index >= 15 is 0 Å². The number of ether oxygens (including phenoxy) is 1. The van der Waals surface area contributed by atoms with Crippen LogP contribution in [-0.4, -0.2) is 52.6 Å². The number of benzene rings is 1. The molecular weight excluding hydrogens is 352 g/mol. The first-order valence-corrected chi connectivity index (χ1v) is 8.49. The Labute approximate surface area is 156 Å². The predicted molar refractivity (Wildman–Crippen MR) is 94.9 cm³/mol. The van der Waals surface area contributed by atoms with Gasteiger partial charge in [0.1, 0.15) is 17.9 Å². The molecule has 8 nitrogen and oxygen atoms in total. The summed E-state index contributed by atoms with van der Waals surface area (Å²) in [6, 6.07) is 4.81. The number of rotatable bonds is 3. The van der Waals surface area contributed by atoms with Crippen LogP contribution in [0.3, 0.4) is 0 Å². The molecule has 3 rings (SSSR count). The zero-order valence-electron chi connectivity index (χ0n) is 15.6. The minimum absolute atomic E-state index is 0.0961. The zero-order chi connectivity index (χ0) is 20.4. The van der Waals surface area contributed by atoms with E-state index in [1.54, 1.807) is 45.0 Å². The molecule has 8 heteroatoms. The fourth-order valence-corrected chi connectivity index (χ4v) is 2.92. The van der Waals surface area contributed by atoms with E-state index in [0.717, 1.165) is 11.2 Å². The van der Waals surface area contributed by atoms with Crippen LogP contribution in [0.1, 0.15) is 54.8 Å². The van der Waals surface area contributed by atoms with E-state index in [4.69, 9.17) is 9.53 Å². The number of nitrogens with one attached hydrogen (secondary N) is 1. The molecule has 27 heavy (non-hydrogen) atoms. The number of hydrogen-bond donors (Lipinski definition) is 1. The van der Waals surface area contributed by atoms with Gasteiger partial charge in [-0.1, -0.05) is 12.1 Å². The van der Waals surface area contributed by atoms with Crippen LogP contribution in [0.5, 0.6) is 0 Å². The number of imide groups is 1. The molecule has 0 saturated carbocycles. The predicted octanol–water partition coefficient (Wildman–Crippen LogP) is 1.09. The lowest BCUT2D eigenvalue weighted by Crippen LogP contribution is -2.70. The number of fused-ring (bicyclic) bond motifs is 1. The van der Waals surface area contributed by atoms with Gasteiger partial charge in [-0.15, -0.1) is 0 Å². The van der Waals surface area contributed by atoms with Crippen molar-refractivity contribution in [3.8, 4) is 0 Å². The number of esters is 1. The van der Waals surface area contributed by atoms with E-state index in [-0.39, 0.29) is 17.5 Å². The molecular formula is C19H22N2O6. The molecule has 1 aromatic carbocycles. The van der Waals surface area contributed by atoms with Crippen molar-refractivity contribution >= 4 is 30.0 Å². The van der Waals surface area contributed by atoms with Gasteiger partial charge >= 0.3 is 5.97 Å². The highest BCUT2D eigenvalue weighted by Gasteiger charge is 2.52. The third kappa shape index (κ3) is 4.21. The molecule has 0 aliphatic carbocycles. The average molecular weight is 374 g/mol. The third-order valence-electron chi connectivity index (χ3n) is 3.89. The SMILES string of the molecule is CC(C)(C)OC(=O)CC1NC(=O)C1N1C(=O)c2ccccc2C1=O.CC=O. The van der Waals surface area contributed by atoms with Crippen LogP contribution in [-0.2, 0) is 19.1 Å². The van der Waals surface area contributed by atoms with Gasteiger partial charge in [0.2, 0.25) is 5.91 Å². The third-order valence-corrected chi connectivity index (χ3v) is 3.89. The highest BCUT2D eigenvalue weighted by atomic mass is 16.6. The molecule has 0 spiro atoms. The van der Waals surface area contributed by atoms with E-state index in [0.29, 0.717) is 0 Å². The number of amides is 3. The molecule has 1 saturated heterocycles. The Balaban J connectivity index is 0.000000817. The fourth-order valence-electron chi connectivity index (χ4n) is 2.92. The second-order valence-electron chi connectivity index (χ2n) is 7.11. The largest absolute Gasteiger partial charge is 0.460 e. The van der Waals surface area contributed by atoms with Crippen molar-refractivity contribution in [1.29, 1.82) is 0 Å². The molecule has 2 atom stereocenters. The molecule has 0 radical (unpaired) electrons.